The van der Waals surface area contributed by atoms with Gasteiger partial charge in [-0.15, -0.1) is 0 Å². The fourth-order valence-electron chi connectivity index (χ4n) is 2.42. The molecule has 0 saturated heterocycles. The molecule has 0 spiro atoms. The molecule has 1 aromatic rings. The molecule has 116 valence electrons. The summed E-state index contributed by atoms with van der Waals surface area (Å²) in [4.78, 5) is 24.3. The van der Waals surface area contributed by atoms with E-state index in [9.17, 15) is 9.59 Å². The van der Waals surface area contributed by atoms with E-state index in [2.05, 4.69) is 22.9 Å². The molecular weight excluding hydrogens is 330 g/mol. The molecule has 2 amide bonds. The largest absolute Gasteiger partial charge is 0.288 e. The molecule has 21 heavy (non-hydrogen) atoms. The van der Waals surface area contributed by atoms with Crippen molar-refractivity contribution in [3.05, 3.63) is 34.3 Å². The third kappa shape index (κ3) is 6.42. The van der Waals surface area contributed by atoms with Gasteiger partial charge >= 0.3 is 0 Å². The van der Waals surface area contributed by atoms with Crippen LogP contribution in [0.1, 0.15) is 44.6 Å². The van der Waals surface area contributed by atoms with Gasteiger partial charge in [0.15, 0.2) is 0 Å². The highest BCUT2D eigenvalue weighted by atomic mass is 79.9. The maximum absolute atomic E-state index is 12.3. The molecule has 1 atom stereocenters. The molecule has 0 fully saturated rings. The summed E-state index contributed by atoms with van der Waals surface area (Å²) in [7, 11) is 1.54. The Morgan fingerprint density at radius 2 is 2.10 bits per heavy atom. The fourth-order valence-corrected chi connectivity index (χ4v) is 2.87. The lowest BCUT2D eigenvalue weighted by atomic mass is 9.92. The first-order valence-electron chi connectivity index (χ1n) is 7.55. The maximum Gasteiger partial charge on any atom is 0.232 e. The zero-order valence-corrected chi connectivity index (χ0v) is 14.4. The molecule has 0 radical (unpaired) electrons. The van der Waals surface area contributed by atoms with Gasteiger partial charge in [0.25, 0.3) is 0 Å². The third-order valence-corrected chi connectivity index (χ3v) is 4.13. The van der Waals surface area contributed by atoms with Crippen LogP contribution in [0.5, 0.6) is 0 Å². The van der Waals surface area contributed by atoms with Crippen LogP contribution < -0.4 is 0 Å². The lowest BCUT2D eigenvalue weighted by molar-refractivity contribution is -0.140. The van der Waals surface area contributed by atoms with Gasteiger partial charge in [0.2, 0.25) is 12.3 Å². The lowest BCUT2D eigenvalue weighted by Crippen LogP contribution is -2.33. The predicted molar refractivity (Wildman–Crippen MR) is 88.9 cm³/mol. The van der Waals surface area contributed by atoms with Crippen molar-refractivity contribution < 1.29 is 9.59 Å². The van der Waals surface area contributed by atoms with Crippen LogP contribution in [0.2, 0.25) is 0 Å². The van der Waals surface area contributed by atoms with Crippen molar-refractivity contribution in [1.29, 1.82) is 0 Å². The van der Waals surface area contributed by atoms with E-state index in [4.69, 9.17) is 0 Å². The minimum absolute atomic E-state index is 0.0820. The summed E-state index contributed by atoms with van der Waals surface area (Å²) < 4.78 is 1.01. The third-order valence-electron chi connectivity index (χ3n) is 3.63. The van der Waals surface area contributed by atoms with Crippen LogP contribution in [-0.2, 0) is 16.0 Å². The highest BCUT2D eigenvalue weighted by Crippen LogP contribution is 2.20. The van der Waals surface area contributed by atoms with Gasteiger partial charge in [0.1, 0.15) is 0 Å². The second-order valence-electron chi connectivity index (χ2n) is 5.43. The van der Waals surface area contributed by atoms with Gasteiger partial charge < -0.3 is 0 Å². The number of amides is 2. The monoisotopic (exact) mass is 353 g/mol. The lowest BCUT2D eigenvalue weighted by Gasteiger charge is -2.20. The second kappa shape index (κ2) is 9.72. The molecule has 1 unspecified atom stereocenters. The van der Waals surface area contributed by atoms with Crippen molar-refractivity contribution in [2.45, 2.75) is 45.4 Å². The molecule has 0 aliphatic carbocycles. The highest BCUT2D eigenvalue weighted by Gasteiger charge is 2.21. The number of unbranched alkanes of at least 4 members (excludes halogenated alkanes) is 3. The maximum atomic E-state index is 12.3. The molecule has 0 aromatic heterocycles. The standard InChI is InChI=1S/C17H24BrNO2/c1-3-4-5-6-9-15(17(21)19(2)13-20)11-14-8-7-10-16(18)12-14/h7-8,10,12-13,15H,3-6,9,11H2,1-2H3. The first kappa shape index (κ1) is 17.9. The molecule has 0 aliphatic rings. The summed E-state index contributed by atoms with van der Waals surface area (Å²) in [6, 6.07) is 8.01. The number of rotatable bonds is 9. The van der Waals surface area contributed by atoms with Crippen LogP contribution in [0.3, 0.4) is 0 Å². The Morgan fingerprint density at radius 3 is 2.71 bits per heavy atom. The van der Waals surface area contributed by atoms with Crippen molar-refractivity contribution in [2.24, 2.45) is 5.92 Å². The Kier molecular flexibility index (Phi) is 8.28. The smallest absolute Gasteiger partial charge is 0.232 e. The first-order chi connectivity index (χ1) is 10.1. The topological polar surface area (TPSA) is 37.4 Å². The second-order valence-corrected chi connectivity index (χ2v) is 6.35. The Bertz CT molecular complexity index is 462. The number of carbonyl (C=O) groups is 2. The number of hydrogen-bond acceptors (Lipinski definition) is 2. The SMILES string of the molecule is CCCCCCC(Cc1cccc(Br)c1)C(=O)N(C)C=O. The average molecular weight is 354 g/mol. The molecule has 4 heteroatoms. The van der Waals surface area contributed by atoms with Crippen LogP contribution in [-0.4, -0.2) is 24.3 Å². The van der Waals surface area contributed by atoms with Gasteiger partial charge in [0.05, 0.1) is 0 Å². The van der Waals surface area contributed by atoms with E-state index < -0.39 is 0 Å². The van der Waals surface area contributed by atoms with E-state index in [1.165, 1.54) is 24.8 Å². The number of benzene rings is 1. The van der Waals surface area contributed by atoms with E-state index in [1.54, 1.807) is 0 Å². The first-order valence-corrected chi connectivity index (χ1v) is 8.34. The van der Waals surface area contributed by atoms with Crippen LogP contribution in [0.4, 0.5) is 0 Å². The van der Waals surface area contributed by atoms with Gasteiger partial charge in [-0.25, -0.2) is 0 Å². The molecule has 1 aromatic carbocycles. The van der Waals surface area contributed by atoms with Gasteiger partial charge in [-0.05, 0) is 30.5 Å². The molecule has 0 heterocycles. The van der Waals surface area contributed by atoms with Crippen molar-refractivity contribution in [1.82, 2.24) is 4.90 Å². The van der Waals surface area contributed by atoms with Crippen LogP contribution in [0.15, 0.2) is 28.7 Å². The van der Waals surface area contributed by atoms with E-state index in [0.717, 1.165) is 29.3 Å². The Labute approximate surface area is 135 Å². The molecule has 1 rings (SSSR count). The van der Waals surface area contributed by atoms with E-state index in [0.29, 0.717) is 12.8 Å². The quantitative estimate of drug-likeness (QED) is 0.493. The van der Waals surface area contributed by atoms with Gasteiger partial charge in [0, 0.05) is 17.4 Å². The molecule has 0 saturated carbocycles. The van der Waals surface area contributed by atoms with Crippen LogP contribution in [0, 0.1) is 5.92 Å². The number of imide groups is 1. The summed E-state index contributed by atoms with van der Waals surface area (Å²) in [5.41, 5.74) is 1.12. The highest BCUT2D eigenvalue weighted by molar-refractivity contribution is 9.10. The average Bonchev–Trinajstić information content (AvgIpc) is 2.49. The summed E-state index contributed by atoms with van der Waals surface area (Å²) in [6.07, 6.45) is 6.67. The normalized spacial score (nSPS) is 12.0. The summed E-state index contributed by atoms with van der Waals surface area (Å²) >= 11 is 3.45. The Hall–Kier alpha value is -1.16. The zero-order valence-electron chi connectivity index (χ0n) is 12.8. The molecule has 0 aliphatic heterocycles. The number of hydrogen-bond donors (Lipinski definition) is 0. The molecular formula is C17H24BrNO2. The molecule has 3 nitrogen and oxygen atoms in total. The minimum Gasteiger partial charge on any atom is -0.288 e. The van der Waals surface area contributed by atoms with Crippen molar-refractivity contribution in [3.63, 3.8) is 0 Å². The van der Waals surface area contributed by atoms with E-state index in [-0.39, 0.29) is 11.8 Å². The number of halogens is 1. The Balaban J connectivity index is 2.70. The van der Waals surface area contributed by atoms with E-state index in [1.807, 2.05) is 24.3 Å². The van der Waals surface area contributed by atoms with Crippen LogP contribution >= 0.6 is 15.9 Å². The van der Waals surface area contributed by atoms with Crippen molar-refractivity contribution in [3.8, 4) is 0 Å². The zero-order chi connectivity index (χ0) is 15.7. The summed E-state index contributed by atoms with van der Waals surface area (Å²) in [6.45, 7) is 2.17. The molecule has 0 bridgehead atoms. The minimum atomic E-state index is -0.119. The summed E-state index contributed by atoms with van der Waals surface area (Å²) in [5, 5.41) is 0. The van der Waals surface area contributed by atoms with Crippen molar-refractivity contribution in [2.75, 3.05) is 7.05 Å². The number of carbonyl (C=O) groups excluding carboxylic acids is 2. The van der Waals surface area contributed by atoms with Crippen molar-refractivity contribution >= 4 is 28.2 Å². The van der Waals surface area contributed by atoms with Gasteiger partial charge in [-0.2, -0.15) is 0 Å². The molecule has 0 N–H and O–H groups in total. The van der Waals surface area contributed by atoms with Gasteiger partial charge in [-0.3, -0.25) is 14.5 Å². The van der Waals surface area contributed by atoms with Crippen LogP contribution in [0.25, 0.3) is 0 Å². The fraction of sp³-hybridized carbons (Fsp3) is 0.529. The number of nitrogens with zero attached hydrogens (tertiary/aromatic N) is 1. The Morgan fingerprint density at radius 1 is 1.33 bits per heavy atom. The summed E-state index contributed by atoms with van der Waals surface area (Å²) in [5.74, 6) is -0.201. The van der Waals surface area contributed by atoms with Gasteiger partial charge in [-0.1, -0.05) is 60.7 Å². The van der Waals surface area contributed by atoms with E-state index >= 15 is 0 Å². The predicted octanol–water partition coefficient (Wildman–Crippen LogP) is 4.19.